The fourth-order valence-electron chi connectivity index (χ4n) is 6.38. The fourth-order valence-corrected chi connectivity index (χ4v) is 6.38. The number of carbonyl (C=O) groups excluding carboxylic acids is 1. The Balaban J connectivity index is 0.00000210. The number of nitrogens with one attached hydrogen (secondary N) is 2. The minimum atomic E-state index is -0.0129. The van der Waals surface area contributed by atoms with Gasteiger partial charge in [0.15, 0.2) is 0 Å². The van der Waals surface area contributed by atoms with Gasteiger partial charge < -0.3 is 10.6 Å². The van der Waals surface area contributed by atoms with Gasteiger partial charge in [-0.25, -0.2) is 4.99 Å². The number of amidine groups is 1. The maximum Gasteiger partial charge on any atom is 0.251 e. The van der Waals surface area contributed by atoms with Gasteiger partial charge in [-0.05, 0) is 78.0 Å². The van der Waals surface area contributed by atoms with Crippen molar-refractivity contribution in [3.05, 3.63) is 77.0 Å². The molecule has 1 fully saturated rings. The average molecular weight is 501 g/mol. The van der Waals surface area contributed by atoms with Crippen LogP contribution in [-0.2, 0) is 12.8 Å². The molecule has 0 radical (unpaired) electrons. The zero-order chi connectivity index (χ0) is 25.7. The summed E-state index contributed by atoms with van der Waals surface area (Å²) in [4.78, 5) is 22.0. The maximum atomic E-state index is 12.9. The number of carbonyl (C=O) groups is 1. The highest BCUT2D eigenvalue weighted by molar-refractivity contribution is 5.98. The lowest BCUT2D eigenvalue weighted by molar-refractivity contribution is 0.0938. The van der Waals surface area contributed by atoms with Crippen LogP contribution in [0, 0.1) is 11.3 Å². The number of anilines is 1. The Hall–Kier alpha value is -3.21. The Labute approximate surface area is 224 Å². The molecule has 1 aliphatic heterocycles. The van der Waals surface area contributed by atoms with Gasteiger partial charge >= 0.3 is 0 Å². The zero-order valence-corrected chi connectivity index (χ0v) is 22.3. The van der Waals surface area contributed by atoms with Gasteiger partial charge in [0, 0.05) is 46.0 Å². The molecule has 1 amide bonds. The molecule has 1 heterocycles. The summed E-state index contributed by atoms with van der Waals surface area (Å²) in [7, 11) is 1.85. The summed E-state index contributed by atoms with van der Waals surface area (Å²) < 4.78 is 0. The van der Waals surface area contributed by atoms with Crippen molar-refractivity contribution in [3.8, 4) is 0 Å². The minimum absolute atomic E-state index is 0. The molecule has 2 N–H and O–H groups in total. The van der Waals surface area contributed by atoms with Crippen LogP contribution in [0.15, 0.2) is 70.3 Å². The molecule has 2 aliphatic carbocycles. The molecule has 3 aliphatic rings. The van der Waals surface area contributed by atoms with E-state index in [1.165, 1.54) is 55.2 Å². The molecule has 1 unspecified atom stereocenters. The first-order chi connectivity index (χ1) is 18.0. The van der Waals surface area contributed by atoms with E-state index in [-0.39, 0.29) is 20.2 Å². The Bertz CT molecular complexity index is 1180. The third kappa shape index (κ3) is 6.20. The van der Waals surface area contributed by atoms with Crippen molar-refractivity contribution >= 4 is 23.6 Å². The third-order valence-corrected chi connectivity index (χ3v) is 8.52. The summed E-state index contributed by atoms with van der Waals surface area (Å²) in [6.45, 7) is 2.39. The highest BCUT2D eigenvalue weighted by Gasteiger charge is 2.33. The first-order valence-electron chi connectivity index (χ1n) is 14.0. The number of amides is 1. The Morgan fingerprint density at radius 3 is 2.46 bits per heavy atom. The van der Waals surface area contributed by atoms with Gasteiger partial charge in [-0.3, -0.25) is 9.79 Å². The standard InChI is InChI=1S/C32H40N4O.2H2/c1-32(20-23-8-4-3-5-9-23)17-16-30(34-22-27(32)21-33-2)35-28-14-12-24(13-15-28)31(37)36-29-18-25-10-6-7-11-26(25)19-29;;/h6-7,10-15,21-23,29H,3-5,8-9,16-20H2,1-2H3,(H,34,35)(H,36,37);2*1H. The minimum Gasteiger partial charge on any atom is -0.349 e. The van der Waals surface area contributed by atoms with Crippen molar-refractivity contribution in [1.29, 1.82) is 0 Å². The lowest BCUT2D eigenvalue weighted by Crippen LogP contribution is -2.35. The first-order valence-corrected chi connectivity index (χ1v) is 14.0. The highest BCUT2D eigenvalue weighted by atomic mass is 16.1. The normalized spacial score (nSPS) is 22.8. The van der Waals surface area contributed by atoms with Crippen molar-refractivity contribution in [2.45, 2.75) is 77.2 Å². The summed E-state index contributed by atoms with van der Waals surface area (Å²) in [5, 5.41) is 6.71. The van der Waals surface area contributed by atoms with Crippen molar-refractivity contribution in [2.24, 2.45) is 21.3 Å². The van der Waals surface area contributed by atoms with Gasteiger partial charge in [0.05, 0.1) is 0 Å². The van der Waals surface area contributed by atoms with E-state index in [0.29, 0.717) is 5.56 Å². The Morgan fingerprint density at radius 1 is 1.08 bits per heavy atom. The van der Waals surface area contributed by atoms with Crippen LogP contribution in [0.3, 0.4) is 0 Å². The molecule has 2 aromatic carbocycles. The highest BCUT2D eigenvalue weighted by Crippen LogP contribution is 2.43. The molecule has 198 valence electrons. The van der Waals surface area contributed by atoms with E-state index in [9.17, 15) is 4.79 Å². The molecule has 0 spiro atoms. The zero-order valence-electron chi connectivity index (χ0n) is 22.3. The van der Waals surface area contributed by atoms with Crippen LogP contribution >= 0.6 is 0 Å². The first kappa shape index (κ1) is 25.4. The van der Waals surface area contributed by atoms with E-state index in [0.717, 1.165) is 43.1 Å². The predicted octanol–water partition coefficient (Wildman–Crippen LogP) is 7.24. The summed E-state index contributed by atoms with van der Waals surface area (Å²) in [5.41, 5.74) is 5.65. The lowest BCUT2D eigenvalue weighted by atomic mass is 9.69. The quantitative estimate of drug-likeness (QED) is 0.411. The predicted molar refractivity (Wildman–Crippen MR) is 158 cm³/mol. The van der Waals surface area contributed by atoms with Crippen LogP contribution in [0.1, 0.15) is 82.6 Å². The molecule has 1 saturated carbocycles. The number of fused-ring (bicyclic) bond motifs is 1. The molecule has 5 rings (SSSR count). The van der Waals surface area contributed by atoms with E-state index >= 15 is 0 Å². The topological polar surface area (TPSA) is 65.8 Å². The van der Waals surface area contributed by atoms with Gasteiger partial charge in [0.25, 0.3) is 5.91 Å². The molecule has 0 saturated heterocycles. The Kier molecular flexibility index (Phi) is 7.87. The summed E-state index contributed by atoms with van der Waals surface area (Å²) >= 11 is 0. The number of hydrogen-bond acceptors (Lipinski definition) is 4. The molecule has 5 heteroatoms. The SMILES string of the molecule is CN=CC1=CN=C(Nc2ccc(C(=O)NC3Cc4ccccc4C3)cc2)CCC1(C)CC1CCCCC1.[HH].[HH]. The average Bonchev–Trinajstić information content (AvgIpc) is 3.26. The molecule has 0 bridgehead atoms. The van der Waals surface area contributed by atoms with Crippen LogP contribution in [0.4, 0.5) is 5.69 Å². The Morgan fingerprint density at radius 2 is 1.78 bits per heavy atom. The fraction of sp³-hybridized carbons (Fsp3) is 0.469. The number of rotatable bonds is 6. The molecular formula is C32H44N4O. The van der Waals surface area contributed by atoms with Crippen LogP contribution in [0.25, 0.3) is 0 Å². The maximum absolute atomic E-state index is 12.9. The van der Waals surface area contributed by atoms with E-state index < -0.39 is 0 Å². The lowest BCUT2D eigenvalue weighted by Gasteiger charge is -2.35. The van der Waals surface area contributed by atoms with Crippen molar-refractivity contribution in [2.75, 3.05) is 12.4 Å². The second-order valence-corrected chi connectivity index (χ2v) is 11.4. The number of aliphatic imine (C=N–C) groups is 2. The summed E-state index contributed by atoms with van der Waals surface area (Å²) in [6, 6.07) is 16.4. The van der Waals surface area contributed by atoms with E-state index in [4.69, 9.17) is 4.99 Å². The number of allylic oxidation sites excluding steroid dienone is 1. The molecule has 1 atom stereocenters. The molecule has 5 nitrogen and oxygen atoms in total. The van der Waals surface area contributed by atoms with Crippen LogP contribution in [0.2, 0.25) is 0 Å². The van der Waals surface area contributed by atoms with Crippen molar-refractivity contribution < 1.29 is 7.65 Å². The van der Waals surface area contributed by atoms with Gasteiger partial charge in [0.1, 0.15) is 5.84 Å². The van der Waals surface area contributed by atoms with Gasteiger partial charge in [-0.2, -0.15) is 0 Å². The van der Waals surface area contributed by atoms with Gasteiger partial charge in [-0.1, -0.05) is 63.3 Å². The smallest absolute Gasteiger partial charge is 0.251 e. The molecule has 2 aromatic rings. The van der Waals surface area contributed by atoms with Gasteiger partial charge in [-0.15, -0.1) is 0 Å². The number of hydrogen-bond donors (Lipinski definition) is 2. The molecule has 0 aromatic heterocycles. The van der Waals surface area contributed by atoms with Crippen molar-refractivity contribution in [3.63, 3.8) is 0 Å². The van der Waals surface area contributed by atoms with Crippen molar-refractivity contribution in [1.82, 2.24) is 5.32 Å². The van der Waals surface area contributed by atoms with E-state index in [1.54, 1.807) is 0 Å². The monoisotopic (exact) mass is 500 g/mol. The van der Waals surface area contributed by atoms with Gasteiger partial charge in [0.2, 0.25) is 0 Å². The second kappa shape index (κ2) is 11.5. The summed E-state index contributed by atoms with van der Waals surface area (Å²) in [6.07, 6.45) is 15.8. The number of nitrogens with zero attached hydrogens (tertiary/aromatic N) is 2. The third-order valence-electron chi connectivity index (χ3n) is 8.52. The molecular weight excluding hydrogens is 456 g/mol. The second-order valence-electron chi connectivity index (χ2n) is 11.4. The molecule has 37 heavy (non-hydrogen) atoms. The number of benzene rings is 2. The van der Waals surface area contributed by atoms with E-state index in [2.05, 4.69) is 46.8 Å². The summed E-state index contributed by atoms with van der Waals surface area (Å²) in [5.74, 6) is 1.76. The van der Waals surface area contributed by atoms with E-state index in [1.807, 2.05) is 43.7 Å². The van der Waals surface area contributed by atoms with Crippen LogP contribution in [0.5, 0.6) is 0 Å². The van der Waals surface area contributed by atoms with Crippen LogP contribution < -0.4 is 10.6 Å². The largest absolute Gasteiger partial charge is 0.349 e. The van der Waals surface area contributed by atoms with Crippen LogP contribution in [-0.4, -0.2) is 31.0 Å².